The van der Waals surface area contributed by atoms with Crippen LogP contribution in [0.4, 0.5) is 11.5 Å². The highest BCUT2D eigenvalue weighted by atomic mass is 16.6. The molecule has 0 amide bonds. The third-order valence-electron chi connectivity index (χ3n) is 2.93. The minimum Gasteiger partial charge on any atom is -0.478 e. The lowest BCUT2D eigenvalue weighted by Gasteiger charge is -2.07. The van der Waals surface area contributed by atoms with E-state index in [0.29, 0.717) is 17.9 Å². The number of aromatic nitrogens is 1. The molecule has 0 aliphatic carbocycles. The van der Waals surface area contributed by atoms with E-state index in [-0.39, 0.29) is 11.3 Å². The van der Waals surface area contributed by atoms with Gasteiger partial charge in [0.05, 0.1) is 10.5 Å². The molecule has 0 saturated carbocycles. The Morgan fingerprint density at radius 1 is 1.43 bits per heavy atom. The van der Waals surface area contributed by atoms with Crippen molar-refractivity contribution in [2.24, 2.45) is 0 Å². The van der Waals surface area contributed by atoms with Crippen LogP contribution in [-0.4, -0.2) is 21.0 Å². The Morgan fingerprint density at radius 2 is 2.19 bits per heavy atom. The summed E-state index contributed by atoms with van der Waals surface area (Å²) < 4.78 is 0. The monoisotopic (exact) mass is 287 g/mol. The summed E-state index contributed by atoms with van der Waals surface area (Å²) in [4.78, 5) is 25.1. The van der Waals surface area contributed by atoms with Crippen molar-refractivity contribution in [3.63, 3.8) is 0 Å². The van der Waals surface area contributed by atoms with Crippen LogP contribution in [0.3, 0.4) is 0 Å². The Labute approximate surface area is 120 Å². The van der Waals surface area contributed by atoms with Crippen LogP contribution in [0.15, 0.2) is 36.5 Å². The van der Waals surface area contributed by atoms with E-state index >= 15 is 0 Å². The summed E-state index contributed by atoms with van der Waals surface area (Å²) in [6.07, 6.45) is 1.20. The summed E-state index contributed by atoms with van der Waals surface area (Å²) in [6.45, 7) is 2.02. The van der Waals surface area contributed by atoms with E-state index in [4.69, 9.17) is 5.11 Å². The highest BCUT2D eigenvalue weighted by Gasteiger charge is 2.11. The van der Waals surface area contributed by atoms with Crippen LogP contribution in [0.25, 0.3) is 0 Å². The standard InChI is InChI=1S/C14H13N3O4/c1-9-5-13(16-8-12(9)17(20)21)15-7-10-3-2-4-11(6-10)14(18)19/h2-6,8H,7H2,1H3,(H,15,16)(H,18,19). The van der Waals surface area contributed by atoms with Crippen molar-refractivity contribution in [2.45, 2.75) is 13.5 Å². The van der Waals surface area contributed by atoms with E-state index in [1.54, 1.807) is 31.2 Å². The largest absolute Gasteiger partial charge is 0.478 e. The quantitative estimate of drug-likeness (QED) is 0.646. The van der Waals surface area contributed by atoms with Gasteiger partial charge in [0.15, 0.2) is 0 Å². The van der Waals surface area contributed by atoms with Gasteiger partial charge < -0.3 is 10.4 Å². The Morgan fingerprint density at radius 3 is 2.81 bits per heavy atom. The van der Waals surface area contributed by atoms with E-state index in [1.807, 2.05) is 0 Å². The minimum atomic E-state index is -0.985. The maximum atomic E-state index is 10.9. The van der Waals surface area contributed by atoms with Crippen LogP contribution < -0.4 is 5.32 Å². The summed E-state index contributed by atoms with van der Waals surface area (Å²) in [5, 5.41) is 22.6. The van der Waals surface area contributed by atoms with Crippen molar-refractivity contribution in [1.29, 1.82) is 0 Å². The predicted molar refractivity (Wildman–Crippen MR) is 76.4 cm³/mol. The number of pyridine rings is 1. The molecule has 2 aromatic rings. The van der Waals surface area contributed by atoms with E-state index < -0.39 is 10.9 Å². The van der Waals surface area contributed by atoms with Crippen LogP contribution in [0, 0.1) is 17.0 Å². The second-order valence-electron chi connectivity index (χ2n) is 4.47. The average Bonchev–Trinajstić information content (AvgIpc) is 2.45. The molecule has 7 heteroatoms. The molecule has 0 saturated heterocycles. The number of nitro groups is 1. The molecule has 1 aromatic heterocycles. The van der Waals surface area contributed by atoms with Gasteiger partial charge in [-0.15, -0.1) is 0 Å². The molecule has 1 heterocycles. The van der Waals surface area contributed by atoms with Crippen LogP contribution in [0.2, 0.25) is 0 Å². The second kappa shape index (κ2) is 6.00. The lowest BCUT2D eigenvalue weighted by molar-refractivity contribution is -0.385. The zero-order chi connectivity index (χ0) is 15.4. The first kappa shape index (κ1) is 14.4. The second-order valence-corrected chi connectivity index (χ2v) is 4.47. The minimum absolute atomic E-state index is 0.0339. The van der Waals surface area contributed by atoms with Gasteiger partial charge in [-0.05, 0) is 30.7 Å². The smallest absolute Gasteiger partial charge is 0.335 e. The third kappa shape index (κ3) is 3.53. The third-order valence-corrected chi connectivity index (χ3v) is 2.93. The Balaban J connectivity index is 2.10. The highest BCUT2D eigenvalue weighted by Crippen LogP contribution is 2.19. The maximum Gasteiger partial charge on any atom is 0.335 e. The number of rotatable bonds is 5. The molecule has 0 spiro atoms. The summed E-state index contributed by atoms with van der Waals surface area (Å²) in [6, 6.07) is 8.11. The molecule has 1 aromatic carbocycles. The van der Waals surface area contributed by atoms with Crippen molar-refractivity contribution in [2.75, 3.05) is 5.32 Å². The first-order valence-electron chi connectivity index (χ1n) is 6.14. The first-order valence-corrected chi connectivity index (χ1v) is 6.14. The fraction of sp³-hybridized carbons (Fsp3) is 0.143. The van der Waals surface area contributed by atoms with Gasteiger partial charge in [-0.2, -0.15) is 0 Å². The van der Waals surface area contributed by atoms with Gasteiger partial charge in [-0.25, -0.2) is 9.78 Å². The number of benzene rings is 1. The maximum absolute atomic E-state index is 10.9. The summed E-state index contributed by atoms with van der Waals surface area (Å²) >= 11 is 0. The molecule has 7 nitrogen and oxygen atoms in total. The zero-order valence-electron chi connectivity index (χ0n) is 11.2. The highest BCUT2D eigenvalue weighted by molar-refractivity contribution is 5.87. The number of aryl methyl sites for hydroxylation is 1. The number of nitrogens with zero attached hydrogens (tertiary/aromatic N) is 2. The number of carboxylic acids is 1. The first-order chi connectivity index (χ1) is 9.97. The molecule has 0 aliphatic heterocycles. The topological polar surface area (TPSA) is 105 Å². The van der Waals surface area contributed by atoms with Gasteiger partial charge in [-0.1, -0.05) is 12.1 Å². The van der Waals surface area contributed by atoms with Crippen LogP contribution >= 0.6 is 0 Å². The predicted octanol–water partition coefficient (Wildman–Crippen LogP) is 2.61. The number of hydrogen-bond donors (Lipinski definition) is 2. The van der Waals surface area contributed by atoms with Gasteiger partial charge in [0.2, 0.25) is 0 Å². The van der Waals surface area contributed by atoms with Gasteiger partial charge in [0.1, 0.15) is 12.0 Å². The zero-order valence-corrected chi connectivity index (χ0v) is 11.2. The molecule has 0 bridgehead atoms. The fourth-order valence-corrected chi connectivity index (χ4v) is 1.84. The summed E-state index contributed by atoms with van der Waals surface area (Å²) in [5.74, 6) is -0.486. The molecule has 0 radical (unpaired) electrons. The summed E-state index contributed by atoms with van der Waals surface area (Å²) in [5.41, 5.74) is 1.47. The van der Waals surface area contributed by atoms with Gasteiger partial charge >= 0.3 is 5.97 Å². The molecule has 0 atom stereocenters. The lowest BCUT2D eigenvalue weighted by Crippen LogP contribution is -2.04. The van der Waals surface area contributed by atoms with Crippen molar-refractivity contribution >= 4 is 17.5 Å². The summed E-state index contributed by atoms with van der Waals surface area (Å²) in [7, 11) is 0. The molecule has 0 aliphatic rings. The molecular weight excluding hydrogens is 274 g/mol. The van der Waals surface area contributed by atoms with Crippen LogP contribution in [-0.2, 0) is 6.54 Å². The number of carbonyl (C=O) groups is 1. The normalized spacial score (nSPS) is 10.1. The molecule has 108 valence electrons. The molecule has 2 N–H and O–H groups in total. The van der Waals surface area contributed by atoms with Crippen molar-refractivity contribution in [1.82, 2.24) is 4.98 Å². The van der Waals surface area contributed by atoms with Gasteiger partial charge in [0.25, 0.3) is 5.69 Å². The number of carboxylic acid groups (broad SMARTS) is 1. The van der Waals surface area contributed by atoms with E-state index in [9.17, 15) is 14.9 Å². The SMILES string of the molecule is Cc1cc(NCc2cccc(C(=O)O)c2)ncc1[N+](=O)[O-]. The van der Waals surface area contributed by atoms with Crippen molar-refractivity contribution < 1.29 is 14.8 Å². The lowest BCUT2D eigenvalue weighted by atomic mass is 10.1. The Kier molecular flexibility index (Phi) is 4.13. The number of nitrogens with one attached hydrogen (secondary N) is 1. The van der Waals surface area contributed by atoms with Crippen LogP contribution in [0.1, 0.15) is 21.5 Å². The van der Waals surface area contributed by atoms with Crippen molar-refractivity contribution in [3.05, 3.63) is 63.3 Å². The molecule has 2 rings (SSSR count). The van der Waals surface area contributed by atoms with Gasteiger partial charge in [0, 0.05) is 12.1 Å². The van der Waals surface area contributed by atoms with E-state index in [0.717, 1.165) is 5.56 Å². The average molecular weight is 287 g/mol. The molecule has 21 heavy (non-hydrogen) atoms. The van der Waals surface area contributed by atoms with Gasteiger partial charge in [-0.3, -0.25) is 10.1 Å². The van der Waals surface area contributed by atoms with E-state index in [2.05, 4.69) is 10.3 Å². The van der Waals surface area contributed by atoms with E-state index in [1.165, 1.54) is 12.3 Å². The Bertz CT molecular complexity index is 700. The van der Waals surface area contributed by atoms with Crippen LogP contribution in [0.5, 0.6) is 0 Å². The molecule has 0 unspecified atom stereocenters. The van der Waals surface area contributed by atoms with Crippen molar-refractivity contribution in [3.8, 4) is 0 Å². The number of aromatic carboxylic acids is 1. The number of hydrogen-bond acceptors (Lipinski definition) is 5. The number of anilines is 1. The molecular formula is C14H13N3O4. The Hall–Kier alpha value is -2.96. The molecule has 0 fully saturated rings. The fourth-order valence-electron chi connectivity index (χ4n) is 1.84.